The molecule has 4 nitrogen and oxygen atoms in total. The van der Waals surface area contributed by atoms with Gasteiger partial charge in [0.15, 0.2) is 0 Å². The molecule has 1 N–H and O–H groups in total. The van der Waals surface area contributed by atoms with Crippen LogP contribution in [0.2, 0.25) is 5.02 Å². The van der Waals surface area contributed by atoms with E-state index in [1.807, 2.05) is 42.5 Å². The molecule has 0 aliphatic rings. The van der Waals surface area contributed by atoms with Gasteiger partial charge in [-0.3, -0.25) is 4.79 Å². The zero-order valence-electron chi connectivity index (χ0n) is 11.6. The van der Waals surface area contributed by atoms with Crippen molar-refractivity contribution in [2.75, 3.05) is 0 Å². The fraction of sp³-hybridized carbons (Fsp3) is 0.0588. The van der Waals surface area contributed by atoms with Crippen molar-refractivity contribution < 1.29 is 9.90 Å². The molecule has 0 unspecified atom stereocenters. The van der Waals surface area contributed by atoms with Gasteiger partial charge in [0, 0.05) is 22.3 Å². The Labute approximate surface area is 132 Å². The summed E-state index contributed by atoms with van der Waals surface area (Å²) in [7, 11) is 0. The molecule has 1 heterocycles. The summed E-state index contributed by atoms with van der Waals surface area (Å²) in [5, 5.41) is 14.3. The Balaban J connectivity index is 2.09. The second-order valence-electron chi connectivity index (χ2n) is 4.86. The highest BCUT2D eigenvalue weighted by molar-refractivity contribution is 6.30. The lowest BCUT2D eigenvalue weighted by molar-refractivity contribution is -0.136. The summed E-state index contributed by atoms with van der Waals surface area (Å²) in [5.41, 5.74) is 3.05. The maximum atomic E-state index is 11.1. The average Bonchev–Trinajstić information content (AvgIpc) is 2.92. The van der Waals surface area contributed by atoms with Crippen LogP contribution in [0, 0.1) is 0 Å². The summed E-state index contributed by atoms with van der Waals surface area (Å²) in [6.07, 6.45) is 1.68. The van der Waals surface area contributed by atoms with Crippen molar-refractivity contribution in [1.82, 2.24) is 9.78 Å². The molecule has 2 aromatic carbocycles. The van der Waals surface area contributed by atoms with Gasteiger partial charge < -0.3 is 5.11 Å². The van der Waals surface area contributed by atoms with E-state index in [0.29, 0.717) is 16.3 Å². The molecular formula is C17H13ClN2O2. The summed E-state index contributed by atoms with van der Waals surface area (Å²) in [6.45, 7) is 0. The van der Waals surface area contributed by atoms with E-state index in [1.165, 1.54) is 0 Å². The van der Waals surface area contributed by atoms with Gasteiger partial charge in [-0.25, -0.2) is 4.68 Å². The van der Waals surface area contributed by atoms with Crippen molar-refractivity contribution in [2.24, 2.45) is 0 Å². The lowest BCUT2D eigenvalue weighted by atomic mass is 10.1. The number of carboxylic acids is 1. The first-order valence-corrected chi connectivity index (χ1v) is 7.13. The number of nitrogens with zero attached hydrogens (tertiary/aromatic N) is 2. The van der Waals surface area contributed by atoms with E-state index < -0.39 is 5.97 Å². The Bertz CT molecular complexity index is 795. The molecule has 0 saturated heterocycles. The molecule has 0 aliphatic heterocycles. The smallest absolute Gasteiger partial charge is 0.307 e. The van der Waals surface area contributed by atoms with Crippen molar-refractivity contribution in [2.45, 2.75) is 6.42 Å². The van der Waals surface area contributed by atoms with Gasteiger partial charge in [0.05, 0.1) is 17.8 Å². The van der Waals surface area contributed by atoms with Gasteiger partial charge in [0.1, 0.15) is 0 Å². The molecule has 110 valence electrons. The maximum absolute atomic E-state index is 11.1. The SMILES string of the molecule is O=[14C](O)Cc1cn(-c2ccccc2)nc1-c1ccc(Cl)cc1. The zero-order chi connectivity index (χ0) is 15.5. The molecule has 1 aromatic heterocycles. The van der Waals surface area contributed by atoms with Gasteiger partial charge in [-0.15, -0.1) is 0 Å². The first-order chi connectivity index (χ1) is 10.6. The molecule has 3 aromatic rings. The average molecular weight is 315 g/mol. The second kappa shape index (κ2) is 6.03. The molecule has 0 radical (unpaired) electrons. The van der Waals surface area contributed by atoms with Gasteiger partial charge in [-0.2, -0.15) is 5.10 Å². The van der Waals surface area contributed by atoms with Crippen molar-refractivity contribution >= 4 is 17.6 Å². The third-order valence-corrected chi connectivity index (χ3v) is 3.52. The summed E-state index contributed by atoms with van der Waals surface area (Å²) < 4.78 is 1.70. The standard InChI is InChI=1S/C17H13ClN2O2/c18-14-8-6-12(7-9-14)17-13(10-16(21)22)11-20(19-17)15-4-2-1-3-5-15/h1-9,11H,10H2,(H,21,22)/i16+2. The van der Waals surface area contributed by atoms with Crippen LogP contribution in [0.1, 0.15) is 5.56 Å². The second-order valence-corrected chi connectivity index (χ2v) is 5.30. The van der Waals surface area contributed by atoms with Crippen molar-refractivity contribution in [1.29, 1.82) is 0 Å². The topological polar surface area (TPSA) is 55.1 Å². The molecule has 0 aliphatic carbocycles. The minimum atomic E-state index is -0.886. The summed E-state index contributed by atoms with van der Waals surface area (Å²) in [4.78, 5) is 11.1. The molecule has 0 fully saturated rings. The van der Waals surface area contributed by atoms with Crippen LogP contribution >= 0.6 is 11.6 Å². The Kier molecular flexibility index (Phi) is 3.94. The van der Waals surface area contributed by atoms with Crippen LogP contribution in [0.25, 0.3) is 16.9 Å². The quantitative estimate of drug-likeness (QED) is 0.796. The molecule has 0 saturated carbocycles. The number of carboxylic acid groups (broad SMARTS) is 1. The van der Waals surface area contributed by atoms with E-state index >= 15 is 0 Å². The van der Waals surface area contributed by atoms with Crippen LogP contribution in [0.4, 0.5) is 0 Å². The maximum Gasteiger partial charge on any atom is 0.307 e. The third-order valence-electron chi connectivity index (χ3n) is 3.27. The highest BCUT2D eigenvalue weighted by Gasteiger charge is 2.14. The van der Waals surface area contributed by atoms with E-state index in [0.717, 1.165) is 11.3 Å². The lowest BCUT2D eigenvalue weighted by Gasteiger charge is -2.01. The van der Waals surface area contributed by atoms with Crippen LogP contribution in [0.15, 0.2) is 60.8 Å². The van der Waals surface area contributed by atoms with E-state index in [1.54, 1.807) is 23.0 Å². The highest BCUT2D eigenvalue weighted by atomic mass is 35.5. The molecule has 0 amide bonds. The van der Waals surface area contributed by atoms with Crippen LogP contribution in [-0.4, -0.2) is 20.9 Å². The fourth-order valence-electron chi connectivity index (χ4n) is 2.27. The van der Waals surface area contributed by atoms with Crippen LogP contribution in [0.3, 0.4) is 0 Å². The van der Waals surface area contributed by atoms with Gasteiger partial charge in [-0.05, 0) is 24.3 Å². The van der Waals surface area contributed by atoms with Crippen LogP contribution in [0.5, 0.6) is 0 Å². The monoisotopic (exact) mass is 314 g/mol. The van der Waals surface area contributed by atoms with Crippen molar-refractivity contribution in [3.8, 4) is 16.9 Å². The van der Waals surface area contributed by atoms with E-state index in [4.69, 9.17) is 16.7 Å². The molecule has 0 bridgehead atoms. The number of halogens is 1. The van der Waals surface area contributed by atoms with Crippen molar-refractivity contribution in [3.63, 3.8) is 0 Å². The van der Waals surface area contributed by atoms with E-state index in [2.05, 4.69) is 5.10 Å². The minimum absolute atomic E-state index is 0.0786. The summed E-state index contributed by atoms with van der Waals surface area (Å²) in [6, 6.07) is 16.8. The summed E-state index contributed by atoms with van der Waals surface area (Å²) >= 11 is 5.90. The first kappa shape index (κ1) is 14.4. The predicted octanol–water partition coefficient (Wildman–Crippen LogP) is 3.82. The number of aliphatic carboxylic acids is 1. The molecule has 0 atom stereocenters. The molecule has 5 heteroatoms. The highest BCUT2D eigenvalue weighted by Crippen LogP contribution is 2.25. The Hall–Kier alpha value is -2.59. The van der Waals surface area contributed by atoms with Crippen LogP contribution in [-0.2, 0) is 11.2 Å². The number of carbonyl (C=O) groups is 1. The molecular weight excluding hydrogens is 302 g/mol. The Morgan fingerprint density at radius 3 is 2.41 bits per heavy atom. The van der Waals surface area contributed by atoms with Gasteiger partial charge >= 0.3 is 5.97 Å². The van der Waals surface area contributed by atoms with Gasteiger partial charge in [-0.1, -0.05) is 41.9 Å². The summed E-state index contributed by atoms with van der Waals surface area (Å²) in [5.74, 6) is -0.886. The molecule has 0 spiro atoms. The Morgan fingerprint density at radius 1 is 1.09 bits per heavy atom. The molecule has 3 rings (SSSR count). The number of aromatic nitrogens is 2. The lowest BCUT2D eigenvalue weighted by Crippen LogP contribution is -2.00. The zero-order valence-corrected chi connectivity index (χ0v) is 12.4. The van der Waals surface area contributed by atoms with E-state index in [9.17, 15) is 4.79 Å². The molecule has 22 heavy (non-hydrogen) atoms. The number of para-hydroxylation sites is 1. The van der Waals surface area contributed by atoms with Gasteiger partial charge in [0.25, 0.3) is 0 Å². The van der Waals surface area contributed by atoms with E-state index in [-0.39, 0.29) is 6.42 Å². The number of hydrogen-bond acceptors (Lipinski definition) is 2. The predicted molar refractivity (Wildman–Crippen MR) is 85.3 cm³/mol. The number of rotatable bonds is 4. The van der Waals surface area contributed by atoms with Crippen molar-refractivity contribution in [3.05, 3.63) is 71.4 Å². The third kappa shape index (κ3) is 3.02. The minimum Gasteiger partial charge on any atom is -0.481 e. The van der Waals surface area contributed by atoms with Crippen LogP contribution < -0.4 is 0 Å². The van der Waals surface area contributed by atoms with Gasteiger partial charge in [0.2, 0.25) is 0 Å². The Morgan fingerprint density at radius 2 is 1.77 bits per heavy atom. The fourth-order valence-corrected chi connectivity index (χ4v) is 2.39. The number of benzene rings is 2. The first-order valence-electron chi connectivity index (χ1n) is 6.75. The number of hydrogen-bond donors (Lipinski definition) is 1. The normalized spacial score (nSPS) is 10.6. The largest absolute Gasteiger partial charge is 0.481 e.